The summed E-state index contributed by atoms with van der Waals surface area (Å²) in [7, 11) is 4.94. The molecule has 1 aliphatic heterocycles. The van der Waals surface area contributed by atoms with E-state index in [0.717, 1.165) is 41.9 Å². The average molecular weight is 535 g/mol. The van der Waals surface area contributed by atoms with Gasteiger partial charge in [0.1, 0.15) is 5.75 Å². The molecule has 33 heavy (non-hydrogen) atoms. The van der Waals surface area contributed by atoms with Gasteiger partial charge in [0.05, 0.1) is 36.7 Å². The number of methoxy groups -OCH3 is 2. The van der Waals surface area contributed by atoms with Crippen LogP contribution in [0.2, 0.25) is 0 Å². The molecule has 1 aliphatic rings. The van der Waals surface area contributed by atoms with Gasteiger partial charge in [0.2, 0.25) is 0 Å². The largest absolute Gasteiger partial charge is 0.496 e. The summed E-state index contributed by atoms with van der Waals surface area (Å²) in [5.41, 5.74) is 3.07. The van der Waals surface area contributed by atoms with Crippen molar-refractivity contribution < 1.29 is 19.1 Å². The number of carbonyl (C=O) groups is 2. The van der Waals surface area contributed by atoms with Crippen molar-refractivity contribution >= 4 is 56.5 Å². The number of likely N-dealkylation sites (N-methyl/N-ethyl adjacent to an activating group) is 1. The highest BCUT2D eigenvalue weighted by Crippen LogP contribution is 2.30. The number of hydrogen-bond donors (Lipinski definition) is 2. The zero-order valence-corrected chi connectivity index (χ0v) is 21.4. The van der Waals surface area contributed by atoms with Gasteiger partial charge in [0, 0.05) is 30.7 Å². The lowest BCUT2D eigenvalue weighted by atomic mass is 10.1. The van der Waals surface area contributed by atoms with Crippen molar-refractivity contribution in [3.05, 3.63) is 51.5 Å². The molecule has 1 heterocycles. The van der Waals surface area contributed by atoms with Crippen LogP contribution in [-0.2, 0) is 4.74 Å². The lowest BCUT2D eigenvalue weighted by Crippen LogP contribution is -2.45. The van der Waals surface area contributed by atoms with Crippen molar-refractivity contribution in [2.75, 3.05) is 57.7 Å². The first-order valence-corrected chi connectivity index (χ1v) is 11.6. The Morgan fingerprint density at radius 1 is 1.09 bits per heavy atom. The smallest absolute Gasteiger partial charge is 0.337 e. The van der Waals surface area contributed by atoms with Gasteiger partial charge in [0.25, 0.3) is 5.91 Å². The predicted molar refractivity (Wildman–Crippen MR) is 137 cm³/mol. The highest BCUT2D eigenvalue weighted by atomic mass is 79.9. The van der Waals surface area contributed by atoms with Crippen molar-refractivity contribution in [3.63, 3.8) is 0 Å². The monoisotopic (exact) mass is 534 g/mol. The molecular weight excluding hydrogens is 508 g/mol. The molecule has 2 aromatic rings. The topological polar surface area (TPSA) is 83.1 Å². The number of rotatable bonds is 5. The van der Waals surface area contributed by atoms with Crippen LogP contribution in [-0.4, -0.2) is 69.3 Å². The zero-order chi connectivity index (χ0) is 24.1. The van der Waals surface area contributed by atoms with E-state index in [1.54, 1.807) is 18.2 Å². The maximum atomic E-state index is 12.9. The number of thiocarbonyl (C=S) groups is 1. The van der Waals surface area contributed by atoms with Crippen molar-refractivity contribution in [1.82, 2.24) is 10.2 Å². The van der Waals surface area contributed by atoms with Gasteiger partial charge < -0.3 is 24.6 Å². The second kappa shape index (κ2) is 11.0. The number of benzene rings is 2. The number of ether oxygens (including phenoxy) is 2. The SMILES string of the molecule is COC(=O)c1ccc(N2CCN(C)CC2)c(NC(=S)NC(=O)c2cc(Br)cc(C)c2OC)c1. The first-order chi connectivity index (χ1) is 15.7. The Morgan fingerprint density at radius 2 is 1.79 bits per heavy atom. The third kappa shape index (κ3) is 6.01. The maximum Gasteiger partial charge on any atom is 0.337 e. The maximum absolute atomic E-state index is 12.9. The molecule has 0 unspecified atom stereocenters. The van der Waals surface area contributed by atoms with Crippen molar-refractivity contribution in [3.8, 4) is 5.75 Å². The van der Waals surface area contributed by atoms with E-state index < -0.39 is 11.9 Å². The highest BCUT2D eigenvalue weighted by molar-refractivity contribution is 9.10. The van der Waals surface area contributed by atoms with Gasteiger partial charge in [-0.25, -0.2) is 4.79 Å². The number of piperazine rings is 1. The van der Waals surface area contributed by atoms with E-state index in [1.165, 1.54) is 14.2 Å². The number of esters is 1. The number of hydrogen-bond acceptors (Lipinski definition) is 7. The molecule has 8 nitrogen and oxygen atoms in total. The van der Waals surface area contributed by atoms with Gasteiger partial charge in [0.15, 0.2) is 5.11 Å². The quantitative estimate of drug-likeness (QED) is 0.446. The molecule has 0 saturated carbocycles. The summed E-state index contributed by atoms with van der Waals surface area (Å²) in [6.07, 6.45) is 0. The molecule has 2 aromatic carbocycles. The molecular formula is C23H27BrN4O4S. The summed E-state index contributed by atoms with van der Waals surface area (Å²) in [6, 6.07) is 8.82. The second-order valence-electron chi connectivity index (χ2n) is 7.73. The van der Waals surface area contributed by atoms with Gasteiger partial charge >= 0.3 is 5.97 Å². The Morgan fingerprint density at radius 3 is 2.42 bits per heavy atom. The minimum Gasteiger partial charge on any atom is -0.496 e. The Bertz CT molecular complexity index is 1070. The standard InChI is InChI=1S/C23H27BrN4O4S/c1-14-11-16(24)13-17(20(14)31-3)21(29)26-23(33)25-18-12-15(22(30)32-4)5-6-19(18)28-9-7-27(2)8-10-28/h5-6,11-13H,7-10H2,1-4H3,(H2,25,26,29,33). The van der Waals surface area contributed by atoms with Crippen molar-refractivity contribution in [1.29, 1.82) is 0 Å². The number of aryl methyl sites for hydroxylation is 1. The Hall–Kier alpha value is -2.69. The average Bonchev–Trinajstić information content (AvgIpc) is 2.78. The number of nitrogens with zero attached hydrogens (tertiary/aromatic N) is 2. The van der Waals surface area contributed by atoms with Crippen LogP contribution < -0.4 is 20.3 Å². The Balaban J connectivity index is 1.84. The first-order valence-electron chi connectivity index (χ1n) is 10.4. The van der Waals surface area contributed by atoms with E-state index in [0.29, 0.717) is 22.6 Å². The number of nitrogens with one attached hydrogen (secondary N) is 2. The fourth-order valence-corrected chi connectivity index (χ4v) is 4.47. The molecule has 0 radical (unpaired) electrons. The molecule has 0 aromatic heterocycles. The second-order valence-corrected chi connectivity index (χ2v) is 9.05. The number of amides is 1. The molecule has 10 heteroatoms. The fourth-order valence-electron chi connectivity index (χ4n) is 3.70. The molecule has 1 saturated heterocycles. The minimum atomic E-state index is -0.452. The van der Waals surface area contributed by atoms with E-state index in [-0.39, 0.29) is 5.11 Å². The van der Waals surface area contributed by atoms with Crippen LogP contribution in [0, 0.1) is 6.92 Å². The summed E-state index contributed by atoms with van der Waals surface area (Å²) in [5.74, 6) is -0.379. The minimum absolute atomic E-state index is 0.108. The summed E-state index contributed by atoms with van der Waals surface area (Å²) >= 11 is 8.85. The van der Waals surface area contributed by atoms with Crippen LogP contribution in [0.1, 0.15) is 26.3 Å². The van der Waals surface area contributed by atoms with Crippen LogP contribution in [0.4, 0.5) is 11.4 Å². The van der Waals surface area contributed by atoms with E-state index in [4.69, 9.17) is 21.7 Å². The fraction of sp³-hybridized carbons (Fsp3) is 0.348. The Labute approximate surface area is 207 Å². The first kappa shape index (κ1) is 24.9. The summed E-state index contributed by atoms with van der Waals surface area (Å²) in [5, 5.41) is 5.91. The lowest BCUT2D eigenvalue weighted by molar-refractivity contribution is 0.0600. The zero-order valence-electron chi connectivity index (χ0n) is 19.0. The normalized spacial score (nSPS) is 13.9. The molecule has 2 N–H and O–H groups in total. The predicted octanol–water partition coefficient (Wildman–Crippen LogP) is 3.43. The van der Waals surface area contributed by atoms with Gasteiger partial charge in [-0.1, -0.05) is 15.9 Å². The van der Waals surface area contributed by atoms with E-state index in [9.17, 15) is 9.59 Å². The van der Waals surface area contributed by atoms with Crippen molar-refractivity contribution in [2.45, 2.75) is 6.92 Å². The Kier molecular flexibility index (Phi) is 8.28. The van der Waals surface area contributed by atoms with Gasteiger partial charge in [-0.3, -0.25) is 10.1 Å². The molecule has 3 rings (SSSR count). The van der Waals surface area contributed by atoms with E-state index in [1.807, 2.05) is 19.1 Å². The molecule has 1 amide bonds. The summed E-state index contributed by atoms with van der Waals surface area (Å²) in [4.78, 5) is 29.5. The third-order valence-electron chi connectivity index (χ3n) is 5.43. The van der Waals surface area contributed by atoms with Crippen molar-refractivity contribution in [2.24, 2.45) is 0 Å². The van der Waals surface area contributed by atoms with E-state index >= 15 is 0 Å². The molecule has 0 spiro atoms. The molecule has 176 valence electrons. The van der Waals surface area contributed by atoms with Gasteiger partial charge in [-0.15, -0.1) is 0 Å². The van der Waals surface area contributed by atoms with Gasteiger partial charge in [-0.2, -0.15) is 0 Å². The summed E-state index contributed by atoms with van der Waals surface area (Å²) < 4.78 is 11.0. The molecule has 1 fully saturated rings. The van der Waals surface area contributed by atoms with Gasteiger partial charge in [-0.05, 0) is 62.1 Å². The third-order valence-corrected chi connectivity index (χ3v) is 6.09. The number of carbonyl (C=O) groups excluding carboxylic acids is 2. The molecule has 0 bridgehead atoms. The molecule has 0 atom stereocenters. The van der Waals surface area contributed by atoms with Crippen LogP contribution >= 0.6 is 28.1 Å². The van der Waals surface area contributed by atoms with E-state index in [2.05, 4.69) is 43.4 Å². The van der Waals surface area contributed by atoms with Crippen LogP contribution in [0.3, 0.4) is 0 Å². The van der Waals surface area contributed by atoms with Crippen LogP contribution in [0.15, 0.2) is 34.8 Å². The summed E-state index contributed by atoms with van der Waals surface area (Å²) in [6.45, 7) is 5.35. The van der Waals surface area contributed by atoms with Crippen LogP contribution in [0.5, 0.6) is 5.75 Å². The number of anilines is 2. The van der Waals surface area contributed by atoms with Crippen LogP contribution in [0.25, 0.3) is 0 Å². The number of halogens is 1. The highest BCUT2D eigenvalue weighted by Gasteiger charge is 2.21. The lowest BCUT2D eigenvalue weighted by Gasteiger charge is -2.35. The molecule has 0 aliphatic carbocycles.